The first-order valence-corrected chi connectivity index (χ1v) is 9.70. The first-order valence-electron chi connectivity index (χ1n) is 8.88. The summed E-state index contributed by atoms with van der Waals surface area (Å²) in [6, 6.07) is 6.05. The van der Waals surface area contributed by atoms with Gasteiger partial charge in [0.15, 0.2) is 5.13 Å². The van der Waals surface area contributed by atoms with Gasteiger partial charge >= 0.3 is 6.09 Å². The Kier molecular flexibility index (Phi) is 5.61. The summed E-state index contributed by atoms with van der Waals surface area (Å²) in [5.74, 6) is 1.10. The Hall–Kier alpha value is -2.66. The van der Waals surface area contributed by atoms with Gasteiger partial charge in [-0.05, 0) is 57.2 Å². The molecule has 1 unspecified atom stereocenters. The minimum Gasteiger partial charge on any atom is -0.444 e. The number of nitrogens with one attached hydrogen (secondary N) is 1. The number of anilines is 2. The number of amides is 1. The van der Waals surface area contributed by atoms with E-state index < -0.39 is 5.60 Å². The number of carbonyl (C=O) groups is 1. The lowest BCUT2D eigenvalue weighted by molar-refractivity contribution is 0.0288. The molecule has 27 heavy (non-hydrogen) atoms. The number of nitrogens with zero attached hydrogens (tertiary/aromatic N) is 4. The number of likely N-dealkylation sites (tertiary alicyclic amines) is 1. The first-order chi connectivity index (χ1) is 12.8. The van der Waals surface area contributed by atoms with E-state index in [1.807, 2.05) is 32.9 Å². The van der Waals surface area contributed by atoms with Crippen LogP contribution < -0.4 is 5.32 Å². The van der Waals surface area contributed by atoms with Gasteiger partial charge in [-0.15, -0.1) is 0 Å². The van der Waals surface area contributed by atoms with Crippen molar-refractivity contribution in [1.82, 2.24) is 14.9 Å². The van der Waals surface area contributed by atoms with Crippen molar-refractivity contribution in [2.45, 2.75) is 39.2 Å². The first kappa shape index (κ1) is 19.1. The van der Waals surface area contributed by atoms with Crippen molar-refractivity contribution in [2.24, 2.45) is 5.92 Å². The molecule has 1 N–H and O–H groups in total. The Morgan fingerprint density at radius 1 is 1.48 bits per heavy atom. The van der Waals surface area contributed by atoms with E-state index >= 15 is 0 Å². The molecule has 1 aliphatic heterocycles. The highest BCUT2D eigenvalue weighted by Crippen LogP contribution is 2.25. The van der Waals surface area contributed by atoms with Gasteiger partial charge in [0.2, 0.25) is 0 Å². The van der Waals surface area contributed by atoms with E-state index in [-0.39, 0.29) is 6.09 Å². The summed E-state index contributed by atoms with van der Waals surface area (Å²) in [7, 11) is 0. The average Bonchev–Trinajstić information content (AvgIpc) is 3.23. The predicted octanol–water partition coefficient (Wildman–Crippen LogP) is 3.95. The minimum atomic E-state index is -0.470. The highest BCUT2D eigenvalue weighted by molar-refractivity contribution is 7.16. The number of aromatic nitrogens is 2. The molecular weight excluding hydrogens is 362 g/mol. The number of thiazole rings is 1. The summed E-state index contributed by atoms with van der Waals surface area (Å²) < 4.78 is 5.46. The molecule has 7 nitrogen and oxygen atoms in total. The summed E-state index contributed by atoms with van der Waals surface area (Å²) in [6.45, 7) is 7.08. The number of pyridine rings is 1. The molecule has 8 heteroatoms. The second kappa shape index (κ2) is 7.92. The normalized spacial score (nSPS) is 16.8. The van der Waals surface area contributed by atoms with Gasteiger partial charge in [0.1, 0.15) is 22.4 Å². The van der Waals surface area contributed by atoms with E-state index in [9.17, 15) is 4.79 Å². The lowest BCUT2D eigenvalue weighted by Gasteiger charge is -2.24. The van der Waals surface area contributed by atoms with E-state index in [1.54, 1.807) is 17.3 Å². The van der Waals surface area contributed by atoms with Gasteiger partial charge in [-0.3, -0.25) is 0 Å². The third-order valence-electron chi connectivity index (χ3n) is 4.14. The molecule has 1 aliphatic rings. The summed E-state index contributed by atoms with van der Waals surface area (Å²) >= 11 is 1.29. The fraction of sp³-hybridized carbons (Fsp3) is 0.474. The molecule has 1 atom stereocenters. The molecule has 142 valence electrons. The lowest BCUT2D eigenvalue weighted by atomic mass is 9.99. The van der Waals surface area contributed by atoms with Gasteiger partial charge < -0.3 is 15.0 Å². The van der Waals surface area contributed by atoms with Crippen LogP contribution in [0, 0.1) is 17.2 Å². The zero-order valence-corrected chi connectivity index (χ0v) is 16.5. The van der Waals surface area contributed by atoms with Crippen LogP contribution in [-0.4, -0.2) is 39.7 Å². The summed E-state index contributed by atoms with van der Waals surface area (Å²) in [5, 5.41) is 12.7. The molecule has 2 aromatic rings. The third-order valence-corrected chi connectivity index (χ3v) is 4.95. The van der Waals surface area contributed by atoms with E-state index in [4.69, 9.17) is 10.00 Å². The number of hydrogen-bond acceptors (Lipinski definition) is 7. The predicted molar refractivity (Wildman–Crippen MR) is 104 cm³/mol. The molecule has 0 radical (unpaired) electrons. The molecule has 2 aromatic heterocycles. The van der Waals surface area contributed by atoms with Crippen molar-refractivity contribution in [3.8, 4) is 6.07 Å². The van der Waals surface area contributed by atoms with E-state index in [0.29, 0.717) is 28.3 Å². The maximum Gasteiger partial charge on any atom is 0.410 e. The molecule has 0 aliphatic carbocycles. The second-order valence-corrected chi connectivity index (χ2v) is 8.63. The maximum absolute atomic E-state index is 12.2. The molecule has 0 bridgehead atoms. The maximum atomic E-state index is 12.2. The van der Waals surface area contributed by atoms with Gasteiger partial charge in [-0.2, -0.15) is 5.26 Å². The molecular formula is C19H23N5O2S. The lowest BCUT2D eigenvalue weighted by Crippen LogP contribution is -2.35. The monoisotopic (exact) mass is 385 g/mol. The quantitative estimate of drug-likeness (QED) is 0.857. The van der Waals surface area contributed by atoms with Crippen LogP contribution in [-0.2, 0) is 11.2 Å². The third kappa shape index (κ3) is 5.41. The molecule has 0 aromatic carbocycles. The largest absolute Gasteiger partial charge is 0.444 e. The molecule has 1 saturated heterocycles. The highest BCUT2D eigenvalue weighted by atomic mass is 32.1. The van der Waals surface area contributed by atoms with E-state index in [1.165, 1.54) is 11.3 Å². The van der Waals surface area contributed by atoms with Crippen LogP contribution in [0.1, 0.15) is 37.6 Å². The van der Waals surface area contributed by atoms with Crippen molar-refractivity contribution in [1.29, 1.82) is 5.26 Å². The molecule has 1 fully saturated rings. The van der Waals surface area contributed by atoms with Crippen molar-refractivity contribution in [3.63, 3.8) is 0 Å². The molecule has 3 rings (SSSR count). The van der Waals surface area contributed by atoms with Crippen LogP contribution in [0.2, 0.25) is 0 Å². The van der Waals surface area contributed by atoms with E-state index in [0.717, 1.165) is 24.9 Å². The number of rotatable bonds is 4. The minimum absolute atomic E-state index is 0.237. The van der Waals surface area contributed by atoms with Gasteiger partial charge in [0.05, 0.1) is 6.20 Å². The molecule has 0 saturated carbocycles. The van der Waals surface area contributed by atoms with Crippen LogP contribution >= 0.6 is 11.3 Å². The number of carbonyl (C=O) groups excluding carboxylic acids is 1. The Morgan fingerprint density at radius 2 is 2.30 bits per heavy atom. The molecule has 1 amide bonds. The smallest absolute Gasteiger partial charge is 0.410 e. The number of nitriles is 1. The summed E-state index contributed by atoms with van der Waals surface area (Å²) in [4.78, 5) is 23.0. The number of ether oxygens (including phenoxy) is 1. The summed E-state index contributed by atoms with van der Waals surface area (Å²) in [5.41, 5.74) is 0.683. The fourth-order valence-electron chi connectivity index (χ4n) is 2.99. The number of hydrogen-bond donors (Lipinski definition) is 1. The van der Waals surface area contributed by atoms with Crippen molar-refractivity contribution < 1.29 is 9.53 Å². The topological polar surface area (TPSA) is 91.1 Å². The molecule has 3 heterocycles. The zero-order chi connectivity index (χ0) is 19.4. The fourth-order valence-corrected chi connectivity index (χ4v) is 3.61. The standard InChI is InChI=1S/C19H23N5O2S/c1-19(2,3)26-18(25)24-7-5-14(12-24)8-13-4-6-21-16(9-13)23-17-22-11-15(10-20)27-17/h4,6,9,11,14H,5,7-8,12H2,1-3H3,(H,21,22,23). The Bertz CT molecular complexity index is 852. The van der Waals surface area contributed by atoms with Crippen LogP contribution in [0.4, 0.5) is 15.7 Å². The van der Waals surface area contributed by atoms with Gasteiger partial charge in [-0.1, -0.05) is 11.3 Å². The van der Waals surface area contributed by atoms with Gasteiger partial charge in [-0.25, -0.2) is 14.8 Å². The van der Waals surface area contributed by atoms with Crippen molar-refractivity contribution in [2.75, 3.05) is 18.4 Å². The highest BCUT2D eigenvalue weighted by Gasteiger charge is 2.29. The summed E-state index contributed by atoms with van der Waals surface area (Å²) in [6.07, 6.45) is 4.90. The second-order valence-electron chi connectivity index (χ2n) is 7.60. The van der Waals surface area contributed by atoms with Crippen molar-refractivity contribution >= 4 is 28.4 Å². The molecule has 0 spiro atoms. The van der Waals surface area contributed by atoms with Crippen LogP contribution in [0.15, 0.2) is 24.5 Å². The van der Waals surface area contributed by atoms with Crippen molar-refractivity contribution in [3.05, 3.63) is 35.0 Å². The zero-order valence-electron chi connectivity index (χ0n) is 15.7. The van der Waals surface area contributed by atoms with E-state index in [2.05, 4.69) is 21.4 Å². The Labute approximate surface area is 163 Å². The van der Waals surface area contributed by atoms with Gasteiger partial charge in [0, 0.05) is 19.3 Å². The SMILES string of the molecule is CC(C)(C)OC(=O)N1CCC(Cc2ccnc(Nc3ncc(C#N)s3)c2)C1. The van der Waals surface area contributed by atoms with Crippen LogP contribution in [0.5, 0.6) is 0 Å². The Balaban J connectivity index is 1.57. The van der Waals surface area contributed by atoms with Crippen LogP contribution in [0.3, 0.4) is 0 Å². The van der Waals surface area contributed by atoms with Crippen LogP contribution in [0.25, 0.3) is 0 Å². The van der Waals surface area contributed by atoms with Gasteiger partial charge in [0.25, 0.3) is 0 Å². The average molecular weight is 385 g/mol. The Morgan fingerprint density at radius 3 is 3.00 bits per heavy atom.